The highest BCUT2D eigenvalue weighted by Crippen LogP contribution is 2.42. The summed E-state index contributed by atoms with van der Waals surface area (Å²) in [5, 5.41) is 11.0. The number of Topliss-reactive ketones (excluding diaryl/α,β-unsaturated/α-hetero) is 1. The molecule has 1 N–H and O–H groups in total. The number of nitrogens with zero attached hydrogens (tertiary/aromatic N) is 1. The van der Waals surface area contributed by atoms with Crippen molar-refractivity contribution in [2.24, 2.45) is 0 Å². The molecule has 5 heteroatoms. The first-order chi connectivity index (χ1) is 11.0. The van der Waals surface area contributed by atoms with Crippen molar-refractivity contribution in [3.05, 3.63) is 53.5 Å². The largest absolute Gasteiger partial charge is 0.458 e. The van der Waals surface area contributed by atoms with Crippen LogP contribution < -0.4 is 4.90 Å². The molecule has 1 atom stereocenters. The first-order valence-electron chi connectivity index (χ1n) is 7.71. The molecule has 0 spiro atoms. The van der Waals surface area contributed by atoms with Gasteiger partial charge >= 0.3 is 0 Å². The average Bonchev–Trinajstić information content (AvgIpc) is 3.05. The predicted octanol–water partition coefficient (Wildman–Crippen LogP) is 2.81. The highest BCUT2D eigenvalue weighted by Gasteiger charge is 2.50. The molecule has 0 saturated carbocycles. The van der Waals surface area contributed by atoms with E-state index in [0.29, 0.717) is 23.6 Å². The number of rotatable bonds is 5. The van der Waals surface area contributed by atoms with Crippen LogP contribution in [0.1, 0.15) is 41.6 Å². The number of hydrogen-bond donors (Lipinski definition) is 1. The Bertz CT molecular complexity index is 764. The van der Waals surface area contributed by atoms with Gasteiger partial charge in [-0.05, 0) is 31.5 Å². The number of carbonyl (C=O) groups is 2. The van der Waals surface area contributed by atoms with E-state index in [4.69, 9.17) is 4.42 Å². The minimum absolute atomic E-state index is 0.162. The topological polar surface area (TPSA) is 70.8 Å². The summed E-state index contributed by atoms with van der Waals surface area (Å²) < 4.78 is 5.31. The van der Waals surface area contributed by atoms with E-state index in [1.807, 2.05) is 13.0 Å². The van der Waals surface area contributed by atoms with Gasteiger partial charge in [0.1, 0.15) is 5.76 Å². The van der Waals surface area contributed by atoms with Gasteiger partial charge in [0.15, 0.2) is 11.4 Å². The Morgan fingerprint density at radius 2 is 2.00 bits per heavy atom. The van der Waals surface area contributed by atoms with Crippen LogP contribution >= 0.6 is 0 Å². The molecular weight excluding hydrogens is 294 g/mol. The Labute approximate surface area is 134 Å². The van der Waals surface area contributed by atoms with E-state index >= 15 is 0 Å². The molecule has 1 aliphatic heterocycles. The highest BCUT2D eigenvalue weighted by molar-refractivity contribution is 6.10. The number of hydrogen-bond acceptors (Lipinski definition) is 4. The van der Waals surface area contributed by atoms with E-state index in [1.165, 1.54) is 0 Å². The van der Waals surface area contributed by atoms with Gasteiger partial charge in [-0.15, -0.1) is 0 Å². The summed E-state index contributed by atoms with van der Waals surface area (Å²) in [6.45, 7) is 4.21. The van der Waals surface area contributed by atoms with Gasteiger partial charge in [-0.2, -0.15) is 0 Å². The summed E-state index contributed by atoms with van der Waals surface area (Å²) in [7, 11) is 0. The zero-order valence-corrected chi connectivity index (χ0v) is 13.2. The third-order valence-corrected chi connectivity index (χ3v) is 4.12. The minimum Gasteiger partial charge on any atom is -0.458 e. The summed E-state index contributed by atoms with van der Waals surface area (Å²) in [6.07, 6.45) is 0.442. The maximum absolute atomic E-state index is 12.7. The van der Waals surface area contributed by atoms with E-state index in [9.17, 15) is 14.7 Å². The molecule has 0 bridgehead atoms. The van der Waals surface area contributed by atoms with Gasteiger partial charge in [0.2, 0.25) is 5.78 Å². The number of ketones is 1. The van der Waals surface area contributed by atoms with Crippen molar-refractivity contribution >= 4 is 17.4 Å². The van der Waals surface area contributed by atoms with Crippen LogP contribution in [0.2, 0.25) is 0 Å². The van der Waals surface area contributed by atoms with E-state index < -0.39 is 11.5 Å². The molecular formula is C18H19NO4. The number of carbonyl (C=O) groups excluding carboxylic acids is 2. The standard InChI is InChI=1S/C18H19NO4/c1-3-10-19-14-7-5-4-6-13(14)18(22,17(19)21)11-15(20)16-9-8-12(2)23-16/h4-9,22H,3,10-11H2,1-2H3/t18-/m0/s1. The fraction of sp³-hybridized carbons (Fsp3) is 0.333. The zero-order valence-electron chi connectivity index (χ0n) is 13.2. The molecule has 2 aromatic rings. The highest BCUT2D eigenvalue weighted by atomic mass is 16.3. The van der Waals surface area contributed by atoms with Crippen molar-refractivity contribution in [1.82, 2.24) is 0 Å². The molecule has 1 aromatic carbocycles. The summed E-state index contributed by atoms with van der Waals surface area (Å²) in [5.74, 6) is -0.0551. The third-order valence-electron chi connectivity index (χ3n) is 4.12. The summed E-state index contributed by atoms with van der Waals surface area (Å²) in [6, 6.07) is 10.3. The van der Waals surface area contributed by atoms with Crippen LogP contribution in [-0.4, -0.2) is 23.3 Å². The summed E-state index contributed by atoms with van der Waals surface area (Å²) >= 11 is 0. The maximum atomic E-state index is 12.7. The predicted molar refractivity (Wildman–Crippen MR) is 85.4 cm³/mol. The van der Waals surface area contributed by atoms with Crippen molar-refractivity contribution in [1.29, 1.82) is 0 Å². The van der Waals surface area contributed by atoms with E-state index in [-0.39, 0.29) is 18.0 Å². The average molecular weight is 313 g/mol. The number of furan rings is 1. The van der Waals surface area contributed by atoms with Gasteiger partial charge in [-0.25, -0.2) is 0 Å². The van der Waals surface area contributed by atoms with Crippen molar-refractivity contribution < 1.29 is 19.1 Å². The molecule has 0 radical (unpaired) electrons. The van der Waals surface area contributed by atoms with Crippen LogP contribution in [-0.2, 0) is 10.4 Å². The van der Waals surface area contributed by atoms with Gasteiger partial charge in [-0.1, -0.05) is 25.1 Å². The molecule has 3 rings (SSSR count). The van der Waals surface area contributed by atoms with Gasteiger partial charge in [-0.3, -0.25) is 9.59 Å². The number of aryl methyl sites for hydroxylation is 1. The number of fused-ring (bicyclic) bond motifs is 1. The fourth-order valence-corrected chi connectivity index (χ4v) is 3.03. The van der Waals surface area contributed by atoms with Crippen LogP contribution in [0.3, 0.4) is 0 Å². The molecule has 5 nitrogen and oxygen atoms in total. The van der Waals surface area contributed by atoms with Crippen molar-refractivity contribution in [3.63, 3.8) is 0 Å². The molecule has 0 saturated heterocycles. The molecule has 0 fully saturated rings. The van der Waals surface area contributed by atoms with Crippen LogP contribution in [0.4, 0.5) is 5.69 Å². The Morgan fingerprint density at radius 3 is 2.65 bits per heavy atom. The second kappa shape index (κ2) is 5.66. The van der Waals surface area contributed by atoms with Crippen molar-refractivity contribution in [2.45, 2.75) is 32.3 Å². The lowest BCUT2D eigenvalue weighted by Crippen LogP contribution is -2.42. The van der Waals surface area contributed by atoms with Crippen LogP contribution in [0, 0.1) is 6.92 Å². The number of anilines is 1. The zero-order chi connectivity index (χ0) is 16.6. The number of aliphatic hydroxyl groups is 1. The molecule has 0 aliphatic carbocycles. The van der Waals surface area contributed by atoms with Gasteiger partial charge in [0, 0.05) is 12.1 Å². The molecule has 1 aromatic heterocycles. The summed E-state index contributed by atoms with van der Waals surface area (Å²) in [4.78, 5) is 26.7. The second-order valence-corrected chi connectivity index (χ2v) is 5.84. The lowest BCUT2D eigenvalue weighted by Gasteiger charge is -2.22. The van der Waals surface area contributed by atoms with Crippen LogP contribution in [0.15, 0.2) is 40.8 Å². The number of benzene rings is 1. The van der Waals surface area contributed by atoms with Crippen LogP contribution in [0.5, 0.6) is 0 Å². The SMILES string of the molecule is CCCN1C(=O)[C@](O)(CC(=O)c2ccc(C)o2)c2ccccc21. The quantitative estimate of drug-likeness (QED) is 0.862. The van der Waals surface area contributed by atoms with E-state index in [2.05, 4.69) is 0 Å². The fourth-order valence-electron chi connectivity index (χ4n) is 3.03. The Morgan fingerprint density at radius 1 is 1.26 bits per heavy atom. The molecule has 0 unspecified atom stereocenters. The Kier molecular flexibility index (Phi) is 3.82. The minimum atomic E-state index is -1.83. The first-order valence-corrected chi connectivity index (χ1v) is 7.71. The van der Waals surface area contributed by atoms with Crippen molar-refractivity contribution in [3.8, 4) is 0 Å². The Balaban J connectivity index is 1.97. The number of amides is 1. The first kappa shape index (κ1) is 15.5. The molecule has 2 heterocycles. The van der Waals surface area contributed by atoms with E-state index in [0.717, 1.165) is 6.42 Å². The molecule has 1 amide bonds. The van der Waals surface area contributed by atoms with Crippen LogP contribution in [0.25, 0.3) is 0 Å². The summed E-state index contributed by atoms with van der Waals surface area (Å²) in [5.41, 5.74) is -0.677. The molecule has 1 aliphatic rings. The smallest absolute Gasteiger partial charge is 0.264 e. The monoisotopic (exact) mass is 313 g/mol. The normalized spacial score (nSPS) is 20.0. The van der Waals surface area contributed by atoms with Gasteiger partial charge < -0.3 is 14.4 Å². The van der Waals surface area contributed by atoms with Gasteiger partial charge in [0.05, 0.1) is 12.1 Å². The number of para-hydroxylation sites is 1. The second-order valence-electron chi connectivity index (χ2n) is 5.84. The lowest BCUT2D eigenvalue weighted by atomic mass is 9.89. The van der Waals surface area contributed by atoms with Crippen molar-refractivity contribution in [2.75, 3.05) is 11.4 Å². The molecule has 23 heavy (non-hydrogen) atoms. The lowest BCUT2D eigenvalue weighted by molar-refractivity contribution is -0.135. The maximum Gasteiger partial charge on any atom is 0.264 e. The Hall–Kier alpha value is -2.40. The third kappa shape index (κ3) is 2.47. The van der Waals surface area contributed by atoms with Gasteiger partial charge in [0.25, 0.3) is 5.91 Å². The molecule has 120 valence electrons. The van der Waals surface area contributed by atoms with E-state index in [1.54, 1.807) is 42.2 Å².